The van der Waals surface area contributed by atoms with Gasteiger partial charge in [0, 0.05) is 28.9 Å². The Bertz CT molecular complexity index is 969. The number of H-pyrrole nitrogens is 1. The molecule has 0 unspecified atom stereocenters. The van der Waals surface area contributed by atoms with Gasteiger partial charge in [-0.1, -0.05) is 11.6 Å². The number of nitrogens with zero attached hydrogens (tertiary/aromatic N) is 1. The number of halogens is 2. The van der Waals surface area contributed by atoms with Crippen LogP contribution in [0.1, 0.15) is 10.4 Å². The summed E-state index contributed by atoms with van der Waals surface area (Å²) >= 11 is 5.95. The molecule has 2 heterocycles. The standard InChI is InChI=1S/C15H8ClFN2O3/c16-14-7(2-1-3-18-14)8-5-12-9(4-11(8)17)13(20)10(6-19-12)15(21)22/h1-6H,(H,19,20)(H,21,22). The van der Waals surface area contributed by atoms with Crippen LogP contribution in [0.4, 0.5) is 4.39 Å². The highest BCUT2D eigenvalue weighted by atomic mass is 35.5. The second kappa shape index (κ2) is 5.23. The van der Waals surface area contributed by atoms with Gasteiger partial charge in [0.05, 0.1) is 5.52 Å². The van der Waals surface area contributed by atoms with Crippen LogP contribution in [0, 0.1) is 5.82 Å². The topological polar surface area (TPSA) is 83.0 Å². The number of hydrogen-bond donors (Lipinski definition) is 2. The summed E-state index contributed by atoms with van der Waals surface area (Å²) in [5.74, 6) is -2.06. The van der Waals surface area contributed by atoms with Crippen LogP contribution in [-0.2, 0) is 0 Å². The molecule has 0 saturated heterocycles. The fourth-order valence-corrected chi connectivity index (χ4v) is 2.41. The molecule has 0 spiro atoms. The van der Waals surface area contributed by atoms with E-state index in [1.807, 2.05) is 0 Å². The largest absolute Gasteiger partial charge is 0.477 e. The third kappa shape index (κ3) is 2.23. The predicted octanol–water partition coefficient (Wildman–Crippen LogP) is 3.08. The predicted molar refractivity (Wildman–Crippen MR) is 79.7 cm³/mol. The van der Waals surface area contributed by atoms with Gasteiger partial charge in [-0.15, -0.1) is 0 Å². The molecule has 0 atom stereocenters. The van der Waals surface area contributed by atoms with E-state index in [-0.39, 0.29) is 16.1 Å². The number of nitrogens with one attached hydrogen (secondary N) is 1. The molecule has 3 aromatic rings. The van der Waals surface area contributed by atoms with Crippen LogP contribution in [0.15, 0.2) is 41.5 Å². The van der Waals surface area contributed by atoms with Gasteiger partial charge in [0.1, 0.15) is 16.5 Å². The molecule has 2 aromatic heterocycles. The maximum Gasteiger partial charge on any atom is 0.341 e. The van der Waals surface area contributed by atoms with E-state index in [9.17, 15) is 14.0 Å². The van der Waals surface area contributed by atoms with E-state index in [1.165, 1.54) is 12.3 Å². The molecule has 110 valence electrons. The normalized spacial score (nSPS) is 10.8. The van der Waals surface area contributed by atoms with Crippen molar-refractivity contribution in [2.75, 3.05) is 0 Å². The van der Waals surface area contributed by atoms with Gasteiger partial charge in [-0.3, -0.25) is 4.79 Å². The third-order valence-corrected chi connectivity index (χ3v) is 3.55. The van der Waals surface area contributed by atoms with Gasteiger partial charge >= 0.3 is 5.97 Å². The molecule has 1 aromatic carbocycles. The quantitative estimate of drug-likeness (QED) is 0.711. The average molecular weight is 319 g/mol. The van der Waals surface area contributed by atoms with Crippen molar-refractivity contribution >= 4 is 28.5 Å². The highest BCUT2D eigenvalue weighted by Crippen LogP contribution is 2.30. The maximum absolute atomic E-state index is 14.3. The van der Waals surface area contributed by atoms with Gasteiger partial charge in [-0.05, 0) is 24.3 Å². The number of aromatic nitrogens is 2. The molecule has 0 aliphatic heterocycles. The lowest BCUT2D eigenvalue weighted by Gasteiger charge is -2.07. The van der Waals surface area contributed by atoms with E-state index in [1.54, 1.807) is 12.1 Å². The lowest BCUT2D eigenvalue weighted by Crippen LogP contribution is -2.15. The van der Waals surface area contributed by atoms with Crippen LogP contribution >= 0.6 is 11.6 Å². The molecule has 7 heteroatoms. The lowest BCUT2D eigenvalue weighted by molar-refractivity contribution is 0.0695. The summed E-state index contributed by atoms with van der Waals surface area (Å²) in [7, 11) is 0. The van der Waals surface area contributed by atoms with Gasteiger partial charge in [-0.25, -0.2) is 14.2 Å². The number of benzene rings is 1. The monoisotopic (exact) mass is 318 g/mol. The molecule has 0 aliphatic rings. The summed E-state index contributed by atoms with van der Waals surface area (Å²) in [5.41, 5.74) is -0.328. The molecule has 2 N–H and O–H groups in total. The van der Waals surface area contributed by atoms with Crippen LogP contribution in [0.5, 0.6) is 0 Å². The van der Waals surface area contributed by atoms with E-state index in [0.29, 0.717) is 11.1 Å². The lowest BCUT2D eigenvalue weighted by atomic mass is 10.0. The van der Waals surface area contributed by atoms with Crippen molar-refractivity contribution in [1.82, 2.24) is 9.97 Å². The molecule has 0 saturated carbocycles. The van der Waals surface area contributed by atoms with Gasteiger partial charge < -0.3 is 10.1 Å². The Hall–Kier alpha value is -2.73. The first kappa shape index (κ1) is 14.2. The molecule has 3 rings (SSSR count). The number of aromatic carboxylic acids is 1. The van der Waals surface area contributed by atoms with Crippen LogP contribution in [0.3, 0.4) is 0 Å². The van der Waals surface area contributed by atoms with Crippen LogP contribution in [-0.4, -0.2) is 21.0 Å². The van der Waals surface area contributed by atoms with E-state index < -0.39 is 22.8 Å². The zero-order valence-corrected chi connectivity index (χ0v) is 11.7. The van der Waals surface area contributed by atoms with E-state index in [2.05, 4.69) is 9.97 Å². The second-order valence-corrected chi connectivity index (χ2v) is 4.91. The minimum atomic E-state index is -1.37. The summed E-state index contributed by atoms with van der Waals surface area (Å²) in [5, 5.41) is 9.01. The minimum absolute atomic E-state index is 0.0406. The van der Waals surface area contributed by atoms with Crippen molar-refractivity contribution in [3.8, 4) is 11.1 Å². The molecule has 0 bridgehead atoms. The van der Waals surface area contributed by atoms with E-state index in [0.717, 1.165) is 12.3 Å². The van der Waals surface area contributed by atoms with Crippen LogP contribution < -0.4 is 5.43 Å². The van der Waals surface area contributed by atoms with E-state index in [4.69, 9.17) is 16.7 Å². The molecule has 0 radical (unpaired) electrons. The summed E-state index contributed by atoms with van der Waals surface area (Å²) in [6.07, 6.45) is 2.56. The molecular weight excluding hydrogens is 311 g/mol. The number of carboxylic acid groups (broad SMARTS) is 1. The van der Waals surface area contributed by atoms with Crippen LogP contribution in [0.2, 0.25) is 5.15 Å². The maximum atomic E-state index is 14.3. The van der Waals surface area contributed by atoms with Crippen molar-refractivity contribution in [1.29, 1.82) is 0 Å². The Morgan fingerprint density at radius 3 is 2.77 bits per heavy atom. The number of carbonyl (C=O) groups is 1. The highest BCUT2D eigenvalue weighted by molar-refractivity contribution is 6.32. The highest BCUT2D eigenvalue weighted by Gasteiger charge is 2.16. The number of carboxylic acids is 1. The first-order chi connectivity index (χ1) is 10.5. The van der Waals surface area contributed by atoms with Gasteiger partial charge in [-0.2, -0.15) is 0 Å². The third-order valence-electron chi connectivity index (χ3n) is 3.25. The fraction of sp³-hybridized carbons (Fsp3) is 0. The number of pyridine rings is 2. The molecule has 0 aliphatic carbocycles. The second-order valence-electron chi connectivity index (χ2n) is 4.56. The Morgan fingerprint density at radius 2 is 2.09 bits per heavy atom. The van der Waals surface area contributed by atoms with E-state index >= 15 is 0 Å². The van der Waals surface area contributed by atoms with Crippen molar-refractivity contribution in [2.24, 2.45) is 0 Å². The average Bonchev–Trinajstić information content (AvgIpc) is 2.48. The molecular formula is C15H8ClFN2O3. The van der Waals surface area contributed by atoms with Crippen molar-refractivity contribution in [2.45, 2.75) is 0 Å². The van der Waals surface area contributed by atoms with Crippen molar-refractivity contribution in [3.05, 3.63) is 63.4 Å². The molecule has 0 fully saturated rings. The van der Waals surface area contributed by atoms with Gasteiger partial charge in [0.25, 0.3) is 0 Å². The first-order valence-corrected chi connectivity index (χ1v) is 6.56. The van der Waals surface area contributed by atoms with Gasteiger partial charge in [0.2, 0.25) is 5.43 Å². The summed E-state index contributed by atoms with van der Waals surface area (Å²) in [4.78, 5) is 29.5. The minimum Gasteiger partial charge on any atom is -0.477 e. The van der Waals surface area contributed by atoms with Gasteiger partial charge in [0.15, 0.2) is 0 Å². The van der Waals surface area contributed by atoms with Crippen molar-refractivity contribution < 1.29 is 14.3 Å². The Morgan fingerprint density at radius 1 is 1.32 bits per heavy atom. The number of fused-ring (bicyclic) bond motifs is 1. The zero-order chi connectivity index (χ0) is 15.9. The fourth-order valence-electron chi connectivity index (χ4n) is 2.19. The zero-order valence-electron chi connectivity index (χ0n) is 10.9. The summed E-state index contributed by atoms with van der Waals surface area (Å²) in [6, 6.07) is 5.62. The van der Waals surface area contributed by atoms with Crippen molar-refractivity contribution in [3.63, 3.8) is 0 Å². The Balaban J connectivity index is 2.31. The van der Waals surface area contributed by atoms with Crippen LogP contribution in [0.25, 0.3) is 22.0 Å². The molecule has 22 heavy (non-hydrogen) atoms. The number of hydrogen-bond acceptors (Lipinski definition) is 3. The Kier molecular flexibility index (Phi) is 3.38. The summed E-state index contributed by atoms with van der Waals surface area (Å²) in [6.45, 7) is 0. The SMILES string of the molecule is O=C(O)c1c[nH]c2cc(-c3cccnc3Cl)c(F)cc2c1=O. The smallest absolute Gasteiger partial charge is 0.341 e. The molecule has 5 nitrogen and oxygen atoms in total. The Labute approximate surface area is 128 Å². The summed E-state index contributed by atoms with van der Waals surface area (Å²) < 4.78 is 14.3. The number of aromatic amines is 1. The number of rotatable bonds is 2. The molecule has 0 amide bonds. The first-order valence-electron chi connectivity index (χ1n) is 6.18.